The van der Waals surface area contributed by atoms with E-state index in [1.807, 2.05) is 29.6 Å². The van der Waals surface area contributed by atoms with Gasteiger partial charge in [-0.2, -0.15) is 5.26 Å². The number of thiophene rings is 1. The molecule has 18 heavy (non-hydrogen) atoms. The van der Waals surface area contributed by atoms with Gasteiger partial charge in [-0.1, -0.05) is 0 Å². The van der Waals surface area contributed by atoms with Crippen molar-refractivity contribution < 1.29 is 0 Å². The Kier molecular flexibility index (Phi) is 3.79. The summed E-state index contributed by atoms with van der Waals surface area (Å²) in [6.45, 7) is 1.80. The normalized spacial score (nSPS) is 9.89. The van der Waals surface area contributed by atoms with Gasteiger partial charge in [0.05, 0.1) is 5.00 Å². The number of hydrogen-bond donors (Lipinski definition) is 1. The molecule has 2 rings (SSSR count). The fourth-order valence-electron chi connectivity index (χ4n) is 1.44. The highest BCUT2D eigenvalue weighted by atomic mass is 79.9. The van der Waals surface area contributed by atoms with Gasteiger partial charge in [0, 0.05) is 23.0 Å². The van der Waals surface area contributed by atoms with Gasteiger partial charge in [0.2, 0.25) is 0 Å². The maximum absolute atomic E-state index is 8.62. The fourth-order valence-corrected chi connectivity index (χ4v) is 2.83. The molecule has 0 saturated carbocycles. The first-order valence-corrected chi connectivity index (χ1v) is 6.76. The van der Waals surface area contributed by atoms with Crippen molar-refractivity contribution in [2.24, 2.45) is 0 Å². The third-order valence-electron chi connectivity index (χ3n) is 2.24. The average molecular weight is 324 g/mol. The van der Waals surface area contributed by atoms with Crippen molar-refractivity contribution in [2.45, 2.75) is 6.92 Å². The molecule has 0 saturated heterocycles. The molecule has 0 amide bonds. The predicted molar refractivity (Wildman–Crippen MR) is 76.1 cm³/mol. The molecule has 0 bridgehead atoms. The summed E-state index contributed by atoms with van der Waals surface area (Å²) in [6, 6.07) is 3.75. The lowest BCUT2D eigenvalue weighted by molar-refractivity contribution is 1.02. The van der Waals surface area contributed by atoms with Crippen molar-refractivity contribution >= 4 is 43.9 Å². The van der Waals surface area contributed by atoms with Crippen LogP contribution in [0.1, 0.15) is 5.82 Å². The number of nitrogens with one attached hydrogen (secondary N) is 1. The van der Waals surface area contributed by atoms with Crippen molar-refractivity contribution in [1.82, 2.24) is 9.97 Å². The van der Waals surface area contributed by atoms with Gasteiger partial charge in [-0.25, -0.2) is 9.97 Å². The van der Waals surface area contributed by atoms with Crippen LogP contribution in [0.5, 0.6) is 0 Å². The van der Waals surface area contributed by atoms with Crippen molar-refractivity contribution in [2.75, 3.05) is 17.3 Å². The highest BCUT2D eigenvalue weighted by molar-refractivity contribution is 9.10. The Bertz CT molecular complexity index is 604. The van der Waals surface area contributed by atoms with E-state index in [0.29, 0.717) is 11.6 Å². The third kappa shape index (κ3) is 2.78. The molecule has 2 aromatic heterocycles. The number of anilines is 3. The molecule has 0 aliphatic heterocycles. The van der Waals surface area contributed by atoms with Crippen LogP contribution >= 0.6 is 27.3 Å². The van der Waals surface area contributed by atoms with Crippen molar-refractivity contribution in [1.29, 1.82) is 5.26 Å². The first-order valence-electron chi connectivity index (χ1n) is 5.08. The quantitative estimate of drug-likeness (QED) is 0.693. The third-order valence-corrected chi connectivity index (χ3v) is 4.00. The molecule has 7 heteroatoms. The summed E-state index contributed by atoms with van der Waals surface area (Å²) >= 11 is 5.03. The molecule has 0 fully saturated rings. The van der Waals surface area contributed by atoms with E-state index < -0.39 is 0 Å². The summed E-state index contributed by atoms with van der Waals surface area (Å²) in [5, 5.41) is 14.2. The summed E-state index contributed by atoms with van der Waals surface area (Å²) in [6.07, 6.45) is 1.86. The van der Waals surface area contributed by atoms with Crippen LogP contribution in [-0.2, 0) is 0 Å². The Morgan fingerprint density at radius 2 is 2.22 bits per heavy atom. The summed E-state index contributed by atoms with van der Waals surface area (Å²) < 4.78 is 1.04. The topological polar surface area (TPSA) is 64.8 Å². The molecule has 0 spiro atoms. The molecule has 0 radical (unpaired) electrons. The number of hydrogen-bond acceptors (Lipinski definition) is 6. The van der Waals surface area contributed by atoms with Gasteiger partial charge in [0.25, 0.3) is 0 Å². The zero-order valence-corrected chi connectivity index (χ0v) is 12.2. The van der Waals surface area contributed by atoms with Crippen LogP contribution in [0.3, 0.4) is 0 Å². The summed E-state index contributed by atoms with van der Waals surface area (Å²) in [5.41, 5.74) is 0. The van der Waals surface area contributed by atoms with E-state index >= 15 is 0 Å². The van der Waals surface area contributed by atoms with Crippen LogP contribution < -0.4 is 10.2 Å². The molecule has 2 aromatic rings. The molecule has 0 aromatic carbocycles. The summed E-state index contributed by atoms with van der Waals surface area (Å²) in [7, 11) is 1.93. The van der Waals surface area contributed by atoms with E-state index in [0.717, 1.165) is 15.3 Å². The predicted octanol–water partition coefficient (Wildman–Crippen LogP) is 3.27. The van der Waals surface area contributed by atoms with Crippen molar-refractivity contribution in [3.8, 4) is 6.19 Å². The van der Waals surface area contributed by atoms with Gasteiger partial charge >= 0.3 is 0 Å². The Morgan fingerprint density at radius 3 is 2.83 bits per heavy atom. The van der Waals surface area contributed by atoms with Crippen LogP contribution in [-0.4, -0.2) is 17.0 Å². The van der Waals surface area contributed by atoms with Crippen LogP contribution in [0.25, 0.3) is 0 Å². The molecular weight excluding hydrogens is 314 g/mol. The Balaban J connectivity index is 2.35. The summed E-state index contributed by atoms with van der Waals surface area (Å²) in [4.78, 5) is 10.4. The van der Waals surface area contributed by atoms with Crippen molar-refractivity contribution in [3.63, 3.8) is 0 Å². The minimum atomic E-state index is 0.502. The lowest BCUT2D eigenvalue weighted by atomic mass is 10.4. The molecule has 1 N–H and O–H groups in total. The Morgan fingerprint density at radius 1 is 1.44 bits per heavy atom. The minimum absolute atomic E-state index is 0.502. The Labute approximate surface area is 117 Å². The van der Waals surface area contributed by atoms with E-state index in [9.17, 15) is 0 Å². The highest BCUT2D eigenvalue weighted by Crippen LogP contribution is 2.31. The zero-order chi connectivity index (χ0) is 13.1. The lowest BCUT2D eigenvalue weighted by Crippen LogP contribution is -2.11. The number of aromatic nitrogens is 2. The molecular formula is C11H10BrN5S. The van der Waals surface area contributed by atoms with Gasteiger partial charge < -0.3 is 4.90 Å². The molecule has 0 unspecified atom stereocenters. The number of aryl methyl sites for hydroxylation is 1. The fraction of sp³-hybridized carbons (Fsp3) is 0.182. The van der Waals surface area contributed by atoms with E-state index in [4.69, 9.17) is 5.26 Å². The molecule has 0 atom stereocenters. The van der Waals surface area contributed by atoms with Crippen LogP contribution in [0.15, 0.2) is 22.0 Å². The molecule has 5 nitrogen and oxygen atoms in total. The average Bonchev–Trinajstić information content (AvgIpc) is 2.74. The van der Waals surface area contributed by atoms with Crippen LogP contribution in [0, 0.1) is 18.4 Å². The van der Waals surface area contributed by atoms with E-state index in [-0.39, 0.29) is 0 Å². The van der Waals surface area contributed by atoms with E-state index in [1.54, 1.807) is 24.3 Å². The van der Waals surface area contributed by atoms with Gasteiger partial charge in [0.15, 0.2) is 6.19 Å². The molecule has 0 aliphatic carbocycles. The number of halogens is 1. The van der Waals surface area contributed by atoms with Crippen LogP contribution in [0.4, 0.5) is 16.6 Å². The van der Waals surface area contributed by atoms with E-state index in [2.05, 4.69) is 31.2 Å². The highest BCUT2D eigenvalue weighted by Gasteiger charge is 2.10. The van der Waals surface area contributed by atoms with Gasteiger partial charge in [0.1, 0.15) is 17.5 Å². The number of nitriles is 1. The zero-order valence-electron chi connectivity index (χ0n) is 9.81. The maximum Gasteiger partial charge on any atom is 0.182 e. The van der Waals surface area contributed by atoms with Gasteiger partial charge in [-0.05, 0) is 28.9 Å². The largest absolute Gasteiger partial charge is 0.321 e. The molecule has 92 valence electrons. The number of nitrogens with zero attached hydrogens (tertiary/aromatic N) is 4. The molecule has 0 aliphatic rings. The summed E-state index contributed by atoms with van der Waals surface area (Å²) in [5.74, 6) is 1.87. The Hall–Kier alpha value is -1.65. The first-order chi connectivity index (χ1) is 8.60. The second kappa shape index (κ2) is 5.33. The van der Waals surface area contributed by atoms with Crippen molar-refractivity contribution in [3.05, 3.63) is 27.8 Å². The first kappa shape index (κ1) is 12.8. The maximum atomic E-state index is 8.62. The lowest BCUT2D eigenvalue weighted by Gasteiger charge is -2.16. The van der Waals surface area contributed by atoms with Gasteiger partial charge in [-0.15, -0.1) is 11.3 Å². The van der Waals surface area contributed by atoms with Gasteiger partial charge in [-0.3, -0.25) is 5.32 Å². The SMILES string of the molecule is Cc1nc(NC#N)cc(N(C)c2cc(Br)cs2)n1. The minimum Gasteiger partial charge on any atom is -0.321 e. The molecule has 2 heterocycles. The smallest absolute Gasteiger partial charge is 0.182 e. The van der Waals surface area contributed by atoms with E-state index in [1.165, 1.54) is 0 Å². The number of rotatable bonds is 3. The monoisotopic (exact) mass is 323 g/mol. The van der Waals surface area contributed by atoms with Crippen LogP contribution in [0.2, 0.25) is 0 Å². The second-order valence-corrected chi connectivity index (χ2v) is 5.36. The standard InChI is InChI=1S/C11H10BrN5S/c1-7-15-9(14-6-13)4-10(16-7)17(2)11-3-8(12)5-18-11/h3-5H,1-2H3,(H,14,15,16). The second-order valence-electron chi connectivity index (χ2n) is 3.56.